The number of hydrogen-bond acceptors (Lipinski definition) is 6. The Kier molecular flexibility index (Phi) is 8.57. The third-order valence-electron chi connectivity index (χ3n) is 4.89. The number of halogens is 2. The number of benzene rings is 2. The summed E-state index contributed by atoms with van der Waals surface area (Å²) in [5.74, 6) is 0.476. The lowest BCUT2D eigenvalue weighted by Gasteiger charge is -2.35. The summed E-state index contributed by atoms with van der Waals surface area (Å²) in [4.78, 5) is 32.9. The second kappa shape index (κ2) is 11.2. The Morgan fingerprint density at radius 3 is 2.09 bits per heavy atom. The Labute approximate surface area is 209 Å². The van der Waals surface area contributed by atoms with Gasteiger partial charge in [-0.2, -0.15) is 0 Å². The molecule has 182 valence electrons. The van der Waals surface area contributed by atoms with Crippen LogP contribution >= 0.6 is 21.4 Å². The number of para-hydroxylation sites is 2. The number of carbonyl (C=O) groups excluding carboxylic acids is 2. The second-order valence-corrected chi connectivity index (χ2v) is 11.0. The molecule has 1 saturated heterocycles. The van der Waals surface area contributed by atoms with Gasteiger partial charge in [0.15, 0.2) is 5.58 Å². The average Bonchev–Trinajstić information content (AvgIpc) is 3.22. The third-order valence-corrected chi connectivity index (χ3v) is 4.89. The lowest BCUT2D eigenvalue weighted by molar-refractivity contribution is 0.0141. The zero-order chi connectivity index (χ0) is 24.9. The lowest BCUT2D eigenvalue weighted by atomic mass is 10.1. The van der Waals surface area contributed by atoms with E-state index in [0.29, 0.717) is 37.6 Å². The van der Waals surface area contributed by atoms with E-state index in [1.165, 1.54) is 0 Å². The summed E-state index contributed by atoms with van der Waals surface area (Å²) >= 11 is 0. The molecule has 1 aliphatic rings. The molecule has 8 nitrogen and oxygen atoms in total. The lowest BCUT2D eigenvalue weighted by Crippen LogP contribution is -2.51. The molecule has 0 radical (unpaired) electrons. The average molecular weight is 526 g/mol. The molecule has 1 aliphatic heterocycles. The maximum absolute atomic E-state index is 12.8. The van der Waals surface area contributed by atoms with E-state index in [1.54, 1.807) is 21.9 Å². The standard InChI is InChI=1S/C23H25N3O4.Cl2OS/c1-23(2,3)30-22(28)26-14-12-25(13-15-26)21(27)17-10-8-16(9-11-17)20-24-18-6-4-5-7-19(18)29-20;1-4(2)3/h4-11H,12-15H2,1-3H3;. The molecule has 2 aromatic carbocycles. The minimum atomic E-state index is -1.67. The van der Waals surface area contributed by atoms with E-state index >= 15 is 0 Å². The quantitative estimate of drug-likeness (QED) is 0.425. The molecule has 0 N–H and O–H groups in total. The SMILES string of the molecule is CC(C)(C)OC(=O)N1CCN(C(=O)c2ccc(-c3nc4ccccc4o3)cc2)CC1.O=S(Cl)Cl. The molecule has 0 unspecified atom stereocenters. The summed E-state index contributed by atoms with van der Waals surface area (Å²) in [6.07, 6.45) is -0.336. The molecule has 4 rings (SSSR count). The van der Waals surface area contributed by atoms with Crippen LogP contribution in [0.2, 0.25) is 0 Å². The van der Waals surface area contributed by atoms with E-state index in [9.17, 15) is 9.59 Å². The molecule has 0 atom stereocenters. The van der Waals surface area contributed by atoms with Crippen molar-refractivity contribution in [2.75, 3.05) is 26.2 Å². The van der Waals surface area contributed by atoms with E-state index < -0.39 is 14.8 Å². The van der Waals surface area contributed by atoms with E-state index in [4.69, 9.17) is 13.4 Å². The summed E-state index contributed by atoms with van der Waals surface area (Å²) in [5, 5.41) is 0. The predicted molar refractivity (Wildman–Crippen MR) is 133 cm³/mol. The molecule has 0 saturated carbocycles. The van der Waals surface area contributed by atoms with Crippen LogP contribution in [-0.4, -0.2) is 62.8 Å². The third kappa shape index (κ3) is 7.19. The van der Waals surface area contributed by atoms with Gasteiger partial charge in [0, 0.05) is 58.7 Å². The highest BCUT2D eigenvalue weighted by atomic mass is 36.0. The van der Waals surface area contributed by atoms with Gasteiger partial charge in [-0.15, -0.1) is 0 Å². The van der Waals surface area contributed by atoms with Crippen LogP contribution in [0.5, 0.6) is 0 Å². The van der Waals surface area contributed by atoms with Crippen molar-refractivity contribution < 1.29 is 23.0 Å². The number of piperazine rings is 1. The molecular weight excluding hydrogens is 501 g/mol. The molecule has 0 bridgehead atoms. The van der Waals surface area contributed by atoms with Crippen molar-refractivity contribution in [1.29, 1.82) is 0 Å². The Morgan fingerprint density at radius 1 is 0.971 bits per heavy atom. The fraction of sp³-hybridized carbons (Fsp3) is 0.348. The molecule has 2 heterocycles. The van der Waals surface area contributed by atoms with Gasteiger partial charge in [-0.05, 0) is 57.2 Å². The molecule has 34 heavy (non-hydrogen) atoms. The Morgan fingerprint density at radius 2 is 1.53 bits per heavy atom. The van der Waals surface area contributed by atoms with Crippen LogP contribution in [0, 0.1) is 0 Å². The first-order valence-corrected chi connectivity index (χ1v) is 13.3. The first-order chi connectivity index (χ1) is 16.0. The summed E-state index contributed by atoms with van der Waals surface area (Å²) in [6.45, 7) is 7.40. The molecule has 0 aliphatic carbocycles. The predicted octanol–water partition coefficient (Wildman–Crippen LogP) is 5.23. The van der Waals surface area contributed by atoms with Gasteiger partial charge in [0.2, 0.25) is 15.1 Å². The normalized spacial score (nSPS) is 14.1. The van der Waals surface area contributed by atoms with Crippen molar-refractivity contribution in [3.05, 3.63) is 54.1 Å². The molecule has 3 aromatic rings. The summed E-state index contributed by atoms with van der Waals surface area (Å²) < 4.78 is 20.3. The fourth-order valence-corrected chi connectivity index (χ4v) is 3.35. The van der Waals surface area contributed by atoms with Crippen molar-refractivity contribution in [2.24, 2.45) is 0 Å². The van der Waals surface area contributed by atoms with Gasteiger partial charge in [-0.25, -0.2) is 14.0 Å². The Hall–Kier alpha value is -2.62. The summed E-state index contributed by atoms with van der Waals surface area (Å²) in [5.41, 5.74) is 2.42. The zero-order valence-corrected chi connectivity index (χ0v) is 21.3. The van der Waals surface area contributed by atoms with Crippen molar-refractivity contribution in [3.63, 3.8) is 0 Å². The number of aromatic nitrogens is 1. The highest BCUT2D eigenvalue weighted by Gasteiger charge is 2.28. The fourth-order valence-electron chi connectivity index (χ4n) is 3.35. The van der Waals surface area contributed by atoms with E-state index in [1.807, 2.05) is 57.2 Å². The summed E-state index contributed by atoms with van der Waals surface area (Å²) in [7, 11) is 7.36. The first kappa shape index (κ1) is 26.0. The van der Waals surface area contributed by atoms with Gasteiger partial charge in [-0.3, -0.25) is 4.79 Å². The van der Waals surface area contributed by atoms with Crippen molar-refractivity contribution in [1.82, 2.24) is 14.8 Å². The molecule has 11 heteroatoms. The smallest absolute Gasteiger partial charge is 0.410 e. The molecule has 1 aromatic heterocycles. The Bertz CT molecular complexity index is 1130. The van der Waals surface area contributed by atoms with Crippen molar-refractivity contribution in [2.45, 2.75) is 26.4 Å². The van der Waals surface area contributed by atoms with E-state index in [2.05, 4.69) is 26.3 Å². The van der Waals surface area contributed by atoms with Gasteiger partial charge in [0.05, 0.1) is 0 Å². The maximum atomic E-state index is 12.8. The minimum absolute atomic E-state index is 0.0528. The van der Waals surface area contributed by atoms with E-state index in [0.717, 1.165) is 16.7 Å². The molecule has 0 spiro atoms. The highest BCUT2D eigenvalue weighted by Crippen LogP contribution is 2.24. The number of oxazole rings is 1. The zero-order valence-electron chi connectivity index (χ0n) is 19.0. The first-order valence-electron chi connectivity index (χ1n) is 10.5. The van der Waals surface area contributed by atoms with Crippen LogP contribution in [0.25, 0.3) is 22.6 Å². The number of ether oxygens (including phenoxy) is 1. The number of fused-ring (bicyclic) bond motifs is 1. The number of amides is 2. The van der Waals surface area contributed by atoms with Crippen LogP contribution in [0.4, 0.5) is 4.79 Å². The van der Waals surface area contributed by atoms with Crippen LogP contribution < -0.4 is 0 Å². The monoisotopic (exact) mass is 525 g/mol. The van der Waals surface area contributed by atoms with Crippen LogP contribution in [-0.2, 0) is 14.0 Å². The number of hydrogen-bond donors (Lipinski definition) is 0. The number of rotatable bonds is 2. The van der Waals surface area contributed by atoms with E-state index in [-0.39, 0.29) is 12.0 Å². The number of carbonyl (C=O) groups is 2. The molecule has 1 fully saturated rings. The summed E-state index contributed by atoms with van der Waals surface area (Å²) in [6, 6.07) is 14.8. The highest BCUT2D eigenvalue weighted by molar-refractivity contribution is 8.26. The van der Waals surface area contributed by atoms with Gasteiger partial charge < -0.3 is 19.0 Å². The largest absolute Gasteiger partial charge is 0.444 e. The second-order valence-electron chi connectivity index (χ2n) is 8.51. The molecular formula is C23H25Cl2N3O5S. The van der Waals surface area contributed by atoms with Crippen LogP contribution in [0.3, 0.4) is 0 Å². The topological polar surface area (TPSA) is 92.9 Å². The molecule has 2 amide bonds. The van der Waals surface area contributed by atoms with Gasteiger partial charge in [0.25, 0.3) is 5.91 Å². The van der Waals surface area contributed by atoms with Gasteiger partial charge in [-0.1, -0.05) is 12.1 Å². The van der Waals surface area contributed by atoms with Crippen molar-refractivity contribution in [3.8, 4) is 11.5 Å². The maximum Gasteiger partial charge on any atom is 0.410 e. The van der Waals surface area contributed by atoms with Crippen molar-refractivity contribution >= 4 is 53.7 Å². The minimum Gasteiger partial charge on any atom is -0.444 e. The Balaban J connectivity index is 0.000000751. The van der Waals surface area contributed by atoms with Gasteiger partial charge >= 0.3 is 6.09 Å². The van der Waals surface area contributed by atoms with Crippen LogP contribution in [0.1, 0.15) is 31.1 Å². The number of nitrogens with zero attached hydrogens (tertiary/aromatic N) is 3. The van der Waals surface area contributed by atoms with Gasteiger partial charge in [0.1, 0.15) is 11.1 Å². The van der Waals surface area contributed by atoms with Crippen LogP contribution in [0.15, 0.2) is 52.9 Å².